The lowest BCUT2D eigenvalue weighted by molar-refractivity contribution is -0.173. The first-order valence-corrected chi connectivity index (χ1v) is 9.43. The third kappa shape index (κ3) is 8.21. The monoisotopic (exact) mass is 390 g/mol. The molecule has 154 valence electrons. The molecular weight excluding hydrogens is 361 g/mol. The van der Waals surface area contributed by atoms with Crippen LogP contribution in [0, 0.1) is 0 Å². The SMILES string of the molecule is CCNC(=NCC(c1ccco1)N1CCCC1)NCCCOCC(F)(F)F. The van der Waals surface area contributed by atoms with Gasteiger partial charge < -0.3 is 19.8 Å². The molecule has 1 aromatic heterocycles. The molecule has 1 atom stereocenters. The van der Waals surface area contributed by atoms with Crippen molar-refractivity contribution < 1.29 is 22.3 Å². The van der Waals surface area contributed by atoms with E-state index in [1.54, 1.807) is 6.26 Å². The summed E-state index contributed by atoms with van der Waals surface area (Å²) in [5.41, 5.74) is 0. The number of furan rings is 1. The molecule has 0 radical (unpaired) electrons. The normalized spacial score (nSPS) is 17.3. The fraction of sp³-hybridized carbons (Fsp3) is 0.722. The van der Waals surface area contributed by atoms with Crippen molar-refractivity contribution in [2.75, 3.05) is 45.9 Å². The molecule has 0 amide bonds. The Morgan fingerprint density at radius 3 is 2.74 bits per heavy atom. The molecule has 2 heterocycles. The fourth-order valence-electron chi connectivity index (χ4n) is 3.01. The Morgan fingerprint density at radius 2 is 2.11 bits per heavy atom. The molecule has 1 aromatic rings. The molecule has 27 heavy (non-hydrogen) atoms. The highest BCUT2D eigenvalue weighted by Gasteiger charge is 2.27. The second kappa shape index (κ2) is 11.2. The summed E-state index contributed by atoms with van der Waals surface area (Å²) in [7, 11) is 0. The van der Waals surface area contributed by atoms with Gasteiger partial charge in [0.15, 0.2) is 5.96 Å². The van der Waals surface area contributed by atoms with Crippen LogP contribution >= 0.6 is 0 Å². The van der Waals surface area contributed by atoms with E-state index in [1.807, 2.05) is 19.1 Å². The molecule has 1 aliphatic heterocycles. The van der Waals surface area contributed by atoms with Crippen LogP contribution in [-0.4, -0.2) is 63.0 Å². The Morgan fingerprint density at radius 1 is 1.33 bits per heavy atom. The van der Waals surface area contributed by atoms with Gasteiger partial charge in [-0.3, -0.25) is 9.89 Å². The molecule has 0 spiro atoms. The standard InChI is InChI=1S/C18H29F3N4O2/c1-2-22-17(23-8-6-11-26-14-18(19,20)21)24-13-15(16-7-5-12-27-16)25-9-3-4-10-25/h5,7,12,15H,2-4,6,8-11,13-14H2,1H3,(H2,22,23,24). The fourth-order valence-corrected chi connectivity index (χ4v) is 3.01. The number of nitrogens with one attached hydrogen (secondary N) is 2. The second-order valence-electron chi connectivity index (χ2n) is 6.44. The Hall–Kier alpha value is -1.74. The highest BCUT2D eigenvalue weighted by molar-refractivity contribution is 5.79. The van der Waals surface area contributed by atoms with E-state index < -0.39 is 12.8 Å². The van der Waals surface area contributed by atoms with E-state index in [9.17, 15) is 13.2 Å². The summed E-state index contributed by atoms with van der Waals surface area (Å²) in [6, 6.07) is 3.94. The van der Waals surface area contributed by atoms with Crippen LogP contribution in [0.25, 0.3) is 0 Å². The van der Waals surface area contributed by atoms with Crippen LogP contribution in [0.4, 0.5) is 13.2 Å². The number of halogens is 3. The van der Waals surface area contributed by atoms with E-state index in [-0.39, 0.29) is 12.6 Å². The van der Waals surface area contributed by atoms with Crippen molar-refractivity contribution in [2.45, 2.75) is 38.4 Å². The van der Waals surface area contributed by atoms with E-state index in [0.29, 0.717) is 32.0 Å². The van der Waals surface area contributed by atoms with E-state index in [2.05, 4.69) is 25.3 Å². The van der Waals surface area contributed by atoms with Crippen molar-refractivity contribution >= 4 is 5.96 Å². The Bertz CT molecular complexity index is 543. The first-order valence-electron chi connectivity index (χ1n) is 9.43. The number of hydrogen-bond donors (Lipinski definition) is 2. The van der Waals surface area contributed by atoms with Crippen molar-refractivity contribution in [1.29, 1.82) is 0 Å². The molecule has 0 aromatic carbocycles. The zero-order valence-electron chi connectivity index (χ0n) is 15.7. The quantitative estimate of drug-likeness (QED) is 0.365. The topological polar surface area (TPSA) is 62.0 Å². The average molecular weight is 390 g/mol. The molecule has 1 unspecified atom stereocenters. The lowest BCUT2D eigenvalue weighted by Crippen LogP contribution is -2.39. The Labute approximate surface area is 158 Å². The van der Waals surface area contributed by atoms with Crippen LogP contribution in [0.15, 0.2) is 27.8 Å². The zero-order chi connectivity index (χ0) is 19.5. The highest BCUT2D eigenvalue weighted by Crippen LogP contribution is 2.25. The van der Waals surface area contributed by atoms with E-state index in [4.69, 9.17) is 4.42 Å². The number of nitrogens with zero attached hydrogens (tertiary/aromatic N) is 2. The van der Waals surface area contributed by atoms with Gasteiger partial charge in [0, 0.05) is 19.7 Å². The van der Waals surface area contributed by atoms with Gasteiger partial charge in [-0.05, 0) is 51.4 Å². The number of likely N-dealkylation sites (tertiary alicyclic amines) is 1. The molecule has 1 saturated heterocycles. The van der Waals surface area contributed by atoms with Gasteiger partial charge in [0.05, 0.1) is 18.8 Å². The molecule has 0 aliphatic carbocycles. The van der Waals surface area contributed by atoms with Gasteiger partial charge in [-0.25, -0.2) is 0 Å². The van der Waals surface area contributed by atoms with Gasteiger partial charge >= 0.3 is 6.18 Å². The average Bonchev–Trinajstić information content (AvgIpc) is 3.31. The van der Waals surface area contributed by atoms with Crippen LogP contribution < -0.4 is 10.6 Å². The van der Waals surface area contributed by atoms with Crippen molar-refractivity contribution in [3.63, 3.8) is 0 Å². The summed E-state index contributed by atoms with van der Waals surface area (Å²) in [4.78, 5) is 7.02. The number of guanidine groups is 1. The smallest absolute Gasteiger partial charge is 0.411 e. The van der Waals surface area contributed by atoms with Crippen LogP contribution in [0.1, 0.15) is 38.0 Å². The molecule has 0 bridgehead atoms. The molecule has 6 nitrogen and oxygen atoms in total. The third-order valence-electron chi connectivity index (χ3n) is 4.24. The van der Waals surface area contributed by atoms with Crippen LogP contribution in [0.5, 0.6) is 0 Å². The Balaban J connectivity index is 1.81. The van der Waals surface area contributed by atoms with E-state index in [0.717, 1.165) is 18.8 Å². The molecule has 2 N–H and O–H groups in total. The summed E-state index contributed by atoms with van der Waals surface area (Å²) in [6.45, 7) is 4.60. The van der Waals surface area contributed by atoms with E-state index >= 15 is 0 Å². The summed E-state index contributed by atoms with van der Waals surface area (Å²) < 4.78 is 46.3. The van der Waals surface area contributed by atoms with Crippen LogP contribution in [0.2, 0.25) is 0 Å². The molecule has 0 saturated carbocycles. The third-order valence-corrected chi connectivity index (χ3v) is 4.24. The molecule has 1 aliphatic rings. The molecular formula is C18H29F3N4O2. The van der Waals surface area contributed by atoms with Crippen molar-refractivity contribution in [2.24, 2.45) is 4.99 Å². The number of ether oxygens (including phenoxy) is 1. The molecule has 2 rings (SSSR count). The second-order valence-corrected chi connectivity index (χ2v) is 6.44. The predicted molar refractivity (Wildman–Crippen MR) is 97.7 cm³/mol. The van der Waals surface area contributed by atoms with E-state index in [1.165, 1.54) is 12.8 Å². The van der Waals surface area contributed by atoms with Gasteiger partial charge in [0.25, 0.3) is 0 Å². The number of alkyl halides is 3. The lowest BCUT2D eigenvalue weighted by atomic mass is 10.2. The van der Waals surface area contributed by atoms with Gasteiger partial charge in [-0.2, -0.15) is 13.2 Å². The maximum Gasteiger partial charge on any atom is 0.411 e. The predicted octanol–water partition coefficient (Wildman–Crippen LogP) is 2.94. The van der Waals surface area contributed by atoms with Crippen LogP contribution in [0.3, 0.4) is 0 Å². The van der Waals surface area contributed by atoms with Crippen molar-refractivity contribution in [3.8, 4) is 0 Å². The zero-order valence-corrected chi connectivity index (χ0v) is 15.7. The first-order chi connectivity index (χ1) is 13.0. The maximum absolute atomic E-state index is 12.0. The van der Waals surface area contributed by atoms with Gasteiger partial charge in [0.2, 0.25) is 0 Å². The minimum atomic E-state index is -4.28. The first kappa shape index (κ1) is 21.6. The Kier molecular flexibility index (Phi) is 8.93. The highest BCUT2D eigenvalue weighted by atomic mass is 19.4. The van der Waals surface area contributed by atoms with Gasteiger partial charge in [-0.1, -0.05) is 0 Å². The largest absolute Gasteiger partial charge is 0.468 e. The van der Waals surface area contributed by atoms with Crippen LogP contribution in [-0.2, 0) is 4.74 Å². The number of aliphatic imine (C=N–C) groups is 1. The van der Waals surface area contributed by atoms with Gasteiger partial charge in [-0.15, -0.1) is 0 Å². The van der Waals surface area contributed by atoms with Gasteiger partial charge in [0.1, 0.15) is 12.4 Å². The molecule has 9 heteroatoms. The number of hydrogen-bond acceptors (Lipinski definition) is 4. The minimum Gasteiger partial charge on any atom is -0.468 e. The maximum atomic E-state index is 12.0. The molecule has 1 fully saturated rings. The van der Waals surface area contributed by atoms with Crippen molar-refractivity contribution in [3.05, 3.63) is 24.2 Å². The van der Waals surface area contributed by atoms with Crippen molar-refractivity contribution in [1.82, 2.24) is 15.5 Å². The number of rotatable bonds is 10. The minimum absolute atomic E-state index is 0.0503. The summed E-state index contributed by atoms with van der Waals surface area (Å²) in [5, 5.41) is 6.30. The summed E-state index contributed by atoms with van der Waals surface area (Å²) >= 11 is 0. The summed E-state index contributed by atoms with van der Waals surface area (Å²) in [6.07, 6.45) is 0.218. The lowest BCUT2D eigenvalue weighted by Gasteiger charge is -2.24. The summed E-state index contributed by atoms with van der Waals surface area (Å²) in [5.74, 6) is 1.54.